The standard InChI is InChI=1S/C16H12BrF3N2O3/c17-11-3-1-10(2-4-11)15(24)21-9-14(23)22-12-5-7-13(8-6-12)25-16(18,19)20/h1-8H,9H2,(H,21,24)(H,22,23). The molecule has 0 atom stereocenters. The molecule has 0 aliphatic rings. The average molecular weight is 417 g/mol. The molecule has 0 unspecified atom stereocenters. The molecular weight excluding hydrogens is 405 g/mol. The fourth-order valence-electron chi connectivity index (χ4n) is 1.81. The van der Waals surface area contributed by atoms with Crippen molar-refractivity contribution in [3.8, 4) is 5.75 Å². The topological polar surface area (TPSA) is 67.4 Å². The SMILES string of the molecule is O=C(CNC(=O)c1ccc(Br)cc1)Nc1ccc(OC(F)(F)F)cc1. The third-order valence-corrected chi connectivity index (χ3v) is 3.42. The first-order chi connectivity index (χ1) is 11.7. The lowest BCUT2D eigenvalue weighted by atomic mass is 10.2. The number of hydrogen-bond acceptors (Lipinski definition) is 3. The van der Waals surface area contributed by atoms with E-state index in [1.54, 1.807) is 24.3 Å². The Morgan fingerprint density at radius 1 is 1.00 bits per heavy atom. The molecular formula is C16H12BrF3N2O3. The lowest BCUT2D eigenvalue weighted by Crippen LogP contribution is -2.32. The molecule has 0 fully saturated rings. The van der Waals surface area contributed by atoms with Crippen molar-refractivity contribution < 1.29 is 27.5 Å². The Bertz CT molecular complexity index is 747. The highest BCUT2D eigenvalue weighted by molar-refractivity contribution is 9.10. The molecule has 2 aromatic rings. The highest BCUT2D eigenvalue weighted by Crippen LogP contribution is 2.23. The number of hydrogen-bond donors (Lipinski definition) is 2. The molecule has 0 aliphatic heterocycles. The van der Waals surface area contributed by atoms with Gasteiger partial charge in [0.15, 0.2) is 0 Å². The second-order valence-corrected chi connectivity index (χ2v) is 5.73. The van der Waals surface area contributed by atoms with Gasteiger partial charge in [-0.05, 0) is 48.5 Å². The van der Waals surface area contributed by atoms with E-state index in [2.05, 4.69) is 31.3 Å². The fraction of sp³-hybridized carbons (Fsp3) is 0.125. The molecule has 2 aromatic carbocycles. The summed E-state index contributed by atoms with van der Waals surface area (Å²) in [6.45, 7) is -0.282. The van der Waals surface area contributed by atoms with Crippen LogP contribution < -0.4 is 15.4 Å². The van der Waals surface area contributed by atoms with Crippen molar-refractivity contribution in [3.05, 3.63) is 58.6 Å². The third kappa shape index (κ3) is 6.46. The van der Waals surface area contributed by atoms with Crippen LogP contribution in [0.15, 0.2) is 53.0 Å². The van der Waals surface area contributed by atoms with Crippen molar-refractivity contribution in [1.29, 1.82) is 0 Å². The molecule has 0 aliphatic carbocycles. The normalized spacial score (nSPS) is 10.9. The summed E-state index contributed by atoms with van der Waals surface area (Å²) >= 11 is 3.25. The quantitative estimate of drug-likeness (QED) is 0.780. The molecule has 0 aromatic heterocycles. The van der Waals surface area contributed by atoms with E-state index in [-0.39, 0.29) is 12.2 Å². The molecule has 0 saturated heterocycles. The van der Waals surface area contributed by atoms with Crippen molar-refractivity contribution in [2.75, 3.05) is 11.9 Å². The number of carbonyl (C=O) groups is 2. The first kappa shape index (κ1) is 18.8. The molecule has 132 valence electrons. The monoisotopic (exact) mass is 416 g/mol. The minimum atomic E-state index is -4.78. The second-order valence-electron chi connectivity index (χ2n) is 4.81. The molecule has 0 saturated carbocycles. The van der Waals surface area contributed by atoms with Gasteiger partial charge in [-0.15, -0.1) is 13.2 Å². The van der Waals surface area contributed by atoms with Crippen LogP contribution in [0.1, 0.15) is 10.4 Å². The van der Waals surface area contributed by atoms with Crippen LogP contribution in [-0.2, 0) is 4.79 Å². The van der Waals surface area contributed by atoms with E-state index in [1.165, 1.54) is 12.1 Å². The summed E-state index contributed by atoms with van der Waals surface area (Å²) in [5, 5.41) is 4.89. The molecule has 2 rings (SSSR count). The molecule has 0 bridgehead atoms. The van der Waals surface area contributed by atoms with Crippen LogP contribution in [0.2, 0.25) is 0 Å². The highest BCUT2D eigenvalue weighted by atomic mass is 79.9. The van der Waals surface area contributed by atoms with Crippen LogP contribution in [0.25, 0.3) is 0 Å². The van der Waals surface area contributed by atoms with Gasteiger partial charge in [0.05, 0.1) is 6.54 Å². The van der Waals surface area contributed by atoms with Crippen molar-refractivity contribution in [1.82, 2.24) is 5.32 Å². The minimum Gasteiger partial charge on any atom is -0.406 e. The molecule has 9 heteroatoms. The van der Waals surface area contributed by atoms with Crippen LogP contribution in [0.4, 0.5) is 18.9 Å². The molecule has 0 radical (unpaired) electrons. The number of rotatable bonds is 5. The van der Waals surface area contributed by atoms with Crippen molar-refractivity contribution in [2.24, 2.45) is 0 Å². The Labute approximate surface area is 149 Å². The van der Waals surface area contributed by atoms with E-state index in [0.29, 0.717) is 5.56 Å². The van der Waals surface area contributed by atoms with Gasteiger partial charge in [0.25, 0.3) is 5.91 Å². The summed E-state index contributed by atoms with van der Waals surface area (Å²) in [7, 11) is 0. The van der Waals surface area contributed by atoms with Crippen LogP contribution >= 0.6 is 15.9 Å². The zero-order valence-electron chi connectivity index (χ0n) is 12.6. The average Bonchev–Trinajstić information content (AvgIpc) is 2.54. The van der Waals surface area contributed by atoms with E-state index in [9.17, 15) is 22.8 Å². The third-order valence-electron chi connectivity index (χ3n) is 2.89. The summed E-state index contributed by atoms with van der Waals surface area (Å²) in [6.07, 6.45) is -4.78. The minimum absolute atomic E-state index is 0.275. The van der Waals surface area contributed by atoms with E-state index >= 15 is 0 Å². The van der Waals surface area contributed by atoms with Crippen molar-refractivity contribution in [3.63, 3.8) is 0 Å². The number of nitrogens with one attached hydrogen (secondary N) is 2. The van der Waals surface area contributed by atoms with Gasteiger partial charge in [-0.1, -0.05) is 15.9 Å². The Hall–Kier alpha value is -2.55. The molecule has 2 amide bonds. The highest BCUT2D eigenvalue weighted by Gasteiger charge is 2.30. The largest absolute Gasteiger partial charge is 0.573 e. The van der Waals surface area contributed by atoms with Crippen LogP contribution in [0, 0.1) is 0 Å². The van der Waals surface area contributed by atoms with E-state index in [1.807, 2.05) is 0 Å². The summed E-state index contributed by atoms with van der Waals surface area (Å²) in [6, 6.07) is 11.2. The summed E-state index contributed by atoms with van der Waals surface area (Å²) < 4.78 is 40.7. The Kier molecular flexibility index (Phi) is 6.02. The van der Waals surface area contributed by atoms with Gasteiger partial charge in [0.2, 0.25) is 5.91 Å². The van der Waals surface area contributed by atoms with E-state index in [0.717, 1.165) is 16.6 Å². The lowest BCUT2D eigenvalue weighted by Gasteiger charge is -2.10. The molecule has 0 heterocycles. The Morgan fingerprint density at radius 2 is 1.60 bits per heavy atom. The predicted molar refractivity (Wildman–Crippen MR) is 88.2 cm³/mol. The molecule has 0 spiro atoms. The van der Waals surface area contributed by atoms with Crippen LogP contribution in [-0.4, -0.2) is 24.7 Å². The van der Waals surface area contributed by atoms with Crippen LogP contribution in [0.3, 0.4) is 0 Å². The van der Waals surface area contributed by atoms with Gasteiger partial charge in [0.1, 0.15) is 5.75 Å². The predicted octanol–water partition coefficient (Wildman–Crippen LogP) is 3.72. The number of amides is 2. The maximum Gasteiger partial charge on any atom is 0.573 e. The zero-order chi connectivity index (χ0) is 18.4. The van der Waals surface area contributed by atoms with Gasteiger partial charge in [-0.2, -0.15) is 0 Å². The van der Waals surface area contributed by atoms with Gasteiger partial charge in [0, 0.05) is 15.7 Å². The van der Waals surface area contributed by atoms with E-state index in [4.69, 9.17) is 0 Å². The summed E-state index contributed by atoms with van der Waals surface area (Å²) in [5.41, 5.74) is 0.669. The smallest absolute Gasteiger partial charge is 0.406 e. The Morgan fingerprint density at radius 3 is 2.16 bits per heavy atom. The fourth-order valence-corrected chi connectivity index (χ4v) is 2.07. The van der Waals surface area contributed by atoms with Gasteiger partial charge < -0.3 is 15.4 Å². The first-order valence-electron chi connectivity index (χ1n) is 6.92. The summed E-state index contributed by atoms with van der Waals surface area (Å²) in [5.74, 6) is -1.33. The number of carbonyl (C=O) groups excluding carboxylic acids is 2. The maximum atomic E-state index is 12.1. The number of halogens is 4. The van der Waals surface area contributed by atoms with Gasteiger partial charge >= 0.3 is 6.36 Å². The lowest BCUT2D eigenvalue weighted by molar-refractivity contribution is -0.274. The number of alkyl halides is 3. The molecule has 5 nitrogen and oxygen atoms in total. The first-order valence-corrected chi connectivity index (χ1v) is 7.72. The number of anilines is 1. The zero-order valence-corrected chi connectivity index (χ0v) is 14.1. The summed E-state index contributed by atoms with van der Waals surface area (Å²) in [4.78, 5) is 23.6. The van der Waals surface area contributed by atoms with Crippen LogP contribution in [0.5, 0.6) is 5.75 Å². The number of ether oxygens (including phenoxy) is 1. The van der Waals surface area contributed by atoms with Crippen molar-refractivity contribution >= 4 is 33.4 Å². The molecule has 25 heavy (non-hydrogen) atoms. The number of benzene rings is 2. The van der Waals surface area contributed by atoms with Gasteiger partial charge in [-0.3, -0.25) is 9.59 Å². The van der Waals surface area contributed by atoms with Gasteiger partial charge in [-0.25, -0.2) is 0 Å². The van der Waals surface area contributed by atoms with Crippen molar-refractivity contribution in [2.45, 2.75) is 6.36 Å². The van der Waals surface area contributed by atoms with E-state index < -0.39 is 23.9 Å². The Balaban J connectivity index is 1.83. The second kappa shape index (κ2) is 8.02. The molecule has 2 N–H and O–H groups in total. The maximum absolute atomic E-state index is 12.1.